The van der Waals surface area contributed by atoms with E-state index in [-0.39, 0.29) is 17.9 Å². The Morgan fingerprint density at radius 3 is 2.69 bits per heavy atom. The molecule has 0 bridgehead atoms. The Balaban J connectivity index is 1.76. The molecule has 5 nitrogen and oxygen atoms in total. The smallest absolute Gasteiger partial charge is 0.378 e. The van der Waals surface area contributed by atoms with Gasteiger partial charge in [0.15, 0.2) is 5.13 Å². The molecule has 1 N–H and O–H groups in total. The van der Waals surface area contributed by atoms with Crippen LogP contribution in [0.3, 0.4) is 0 Å². The van der Waals surface area contributed by atoms with Gasteiger partial charge < -0.3 is 15.0 Å². The molecular weight excluding hydrogens is 367 g/mol. The summed E-state index contributed by atoms with van der Waals surface area (Å²) in [6.45, 7) is 2.50. The number of aromatic nitrogens is 1. The SMILES string of the molecule is O=C1C[C@H](c2ccccc2C(F)(F)F)c2sc(N3CCOCC3)nc2N1. The second-order valence-electron chi connectivity index (χ2n) is 6.20. The molecule has 26 heavy (non-hydrogen) atoms. The number of thiazole rings is 1. The Morgan fingerprint density at radius 1 is 1.23 bits per heavy atom. The average Bonchev–Trinajstić information content (AvgIpc) is 3.05. The number of hydrogen-bond donors (Lipinski definition) is 1. The Kier molecular flexibility index (Phi) is 4.36. The van der Waals surface area contributed by atoms with Gasteiger partial charge >= 0.3 is 6.18 Å². The lowest BCUT2D eigenvalue weighted by Gasteiger charge is -2.26. The minimum Gasteiger partial charge on any atom is -0.378 e. The highest BCUT2D eigenvalue weighted by molar-refractivity contribution is 7.16. The van der Waals surface area contributed by atoms with Crippen molar-refractivity contribution in [3.63, 3.8) is 0 Å². The summed E-state index contributed by atoms with van der Waals surface area (Å²) in [5.74, 6) is -0.600. The minimum absolute atomic E-state index is 0.0230. The van der Waals surface area contributed by atoms with Crippen molar-refractivity contribution in [1.29, 1.82) is 0 Å². The summed E-state index contributed by atoms with van der Waals surface area (Å²) < 4.78 is 45.6. The number of morpholine rings is 1. The first-order valence-electron chi connectivity index (χ1n) is 8.23. The fourth-order valence-corrected chi connectivity index (χ4v) is 4.50. The molecule has 2 aliphatic rings. The quantitative estimate of drug-likeness (QED) is 0.863. The van der Waals surface area contributed by atoms with E-state index in [1.165, 1.54) is 23.5 Å². The summed E-state index contributed by atoms with van der Waals surface area (Å²) in [5.41, 5.74) is -0.583. The number of alkyl halides is 3. The molecule has 1 fully saturated rings. The molecule has 2 aliphatic heterocycles. The summed E-state index contributed by atoms with van der Waals surface area (Å²) in [5, 5.41) is 3.40. The van der Waals surface area contributed by atoms with Crippen LogP contribution in [0.4, 0.5) is 24.1 Å². The van der Waals surface area contributed by atoms with Gasteiger partial charge in [0.25, 0.3) is 0 Å². The Labute approximate surface area is 151 Å². The molecule has 1 aromatic heterocycles. The molecule has 9 heteroatoms. The van der Waals surface area contributed by atoms with Gasteiger partial charge in [-0.2, -0.15) is 13.2 Å². The van der Waals surface area contributed by atoms with Gasteiger partial charge in [-0.25, -0.2) is 4.98 Å². The molecule has 1 amide bonds. The molecule has 2 aromatic rings. The van der Waals surface area contributed by atoms with Gasteiger partial charge in [-0.05, 0) is 11.6 Å². The van der Waals surface area contributed by atoms with E-state index in [9.17, 15) is 18.0 Å². The zero-order valence-electron chi connectivity index (χ0n) is 13.7. The van der Waals surface area contributed by atoms with Gasteiger partial charge in [-0.3, -0.25) is 4.79 Å². The lowest BCUT2D eigenvalue weighted by Crippen LogP contribution is -2.36. The van der Waals surface area contributed by atoms with Gasteiger partial charge in [-0.1, -0.05) is 29.5 Å². The lowest BCUT2D eigenvalue weighted by molar-refractivity contribution is -0.138. The topological polar surface area (TPSA) is 54.5 Å². The molecular formula is C17H16F3N3O2S. The van der Waals surface area contributed by atoms with E-state index in [4.69, 9.17) is 4.74 Å². The predicted octanol–water partition coefficient (Wildman–Crippen LogP) is 3.47. The van der Waals surface area contributed by atoms with Crippen LogP contribution < -0.4 is 10.2 Å². The molecule has 3 heterocycles. The second-order valence-corrected chi connectivity index (χ2v) is 7.21. The van der Waals surface area contributed by atoms with E-state index in [0.717, 1.165) is 6.07 Å². The third-order valence-corrected chi connectivity index (χ3v) is 5.76. The molecule has 0 radical (unpaired) electrons. The number of amides is 1. The summed E-state index contributed by atoms with van der Waals surface area (Å²) in [4.78, 5) is 19.3. The number of carbonyl (C=O) groups excluding carboxylic acids is 1. The normalized spacial score (nSPS) is 20.7. The second kappa shape index (κ2) is 6.55. The van der Waals surface area contributed by atoms with Gasteiger partial charge in [0, 0.05) is 25.4 Å². The van der Waals surface area contributed by atoms with Crippen molar-refractivity contribution >= 4 is 28.2 Å². The predicted molar refractivity (Wildman–Crippen MR) is 91.7 cm³/mol. The Hall–Kier alpha value is -2.13. The highest BCUT2D eigenvalue weighted by Gasteiger charge is 2.39. The number of anilines is 2. The number of benzene rings is 1. The fraction of sp³-hybridized carbons (Fsp3) is 0.412. The van der Waals surface area contributed by atoms with Crippen molar-refractivity contribution in [2.24, 2.45) is 0 Å². The van der Waals surface area contributed by atoms with E-state index in [2.05, 4.69) is 10.3 Å². The zero-order chi connectivity index (χ0) is 18.3. The van der Waals surface area contributed by atoms with E-state index in [1.807, 2.05) is 4.90 Å². The fourth-order valence-electron chi connectivity index (χ4n) is 3.31. The van der Waals surface area contributed by atoms with E-state index in [0.29, 0.717) is 42.1 Å². The van der Waals surface area contributed by atoms with Gasteiger partial charge in [0.05, 0.1) is 23.7 Å². The van der Waals surface area contributed by atoms with E-state index < -0.39 is 17.7 Å². The van der Waals surface area contributed by atoms with E-state index in [1.54, 1.807) is 6.07 Å². The zero-order valence-corrected chi connectivity index (χ0v) is 14.5. The van der Waals surface area contributed by atoms with Crippen LogP contribution in [0.1, 0.15) is 28.3 Å². The number of fused-ring (bicyclic) bond motifs is 1. The maximum atomic E-state index is 13.4. The molecule has 1 atom stereocenters. The third-order valence-electron chi connectivity index (χ3n) is 4.53. The number of nitrogens with zero attached hydrogens (tertiary/aromatic N) is 2. The van der Waals surface area contributed by atoms with Crippen LogP contribution in [0, 0.1) is 0 Å². The third kappa shape index (κ3) is 3.16. The number of nitrogens with one attached hydrogen (secondary N) is 1. The first-order valence-corrected chi connectivity index (χ1v) is 9.04. The van der Waals surface area contributed by atoms with Gasteiger partial charge in [0.1, 0.15) is 5.82 Å². The average molecular weight is 383 g/mol. The molecule has 0 aliphatic carbocycles. The van der Waals surface area contributed by atoms with Crippen molar-refractivity contribution in [2.75, 3.05) is 36.5 Å². The molecule has 0 unspecified atom stereocenters. The molecule has 4 rings (SSSR count). The highest BCUT2D eigenvalue weighted by Crippen LogP contribution is 2.46. The molecule has 0 spiro atoms. The van der Waals surface area contributed by atoms with Crippen LogP contribution in [0.25, 0.3) is 0 Å². The lowest BCUT2D eigenvalue weighted by atomic mass is 9.88. The van der Waals surface area contributed by atoms with Crippen LogP contribution in [-0.2, 0) is 15.7 Å². The maximum absolute atomic E-state index is 13.4. The standard InChI is InChI=1S/C17H16F3N3O2S/c18-17(19,20)12-4-2-1-3-10(12)11-9-13(24)21-15-14(11)26-16(22-15)23-5-7-25-8-6-23/h1-4,11H,5-9H2,(H,21,24)/t11-/m1/s1. The van der Waals surface area contributed by atoms with Gasteiger partial charge in [-0.15, -0.1) is 0 Å². The van der Waals surface area contributed by atoms with E-state index >= 15 is 0 Å². The molecule has 0 saturated carbocycles. The number of rotatable bonds is 2. The number of ether oxygens (including phenoxy) is 1. The summed E-state index contributed by atoms with van der Waals surface area (Å²) in [6.07, 6.45) is -4.49. The van der Waals surface area contributed by atoms with Crippen molar-refractivity contribution in [1.82, 2.24) is 4.98 Å². The first-order chi connectivity index (χ1) is 12.4. The molecule has 138 valence electrons. The number of carbonyl (C=O) groups is 1. The monoisotopic (exact) mass is 383 g/mol. The van der Waals surface area contributed by atoms with Crippen LogP contribution in [0.15, 0.2) is 24.3 Å². The maximum Gasteiger partial charge on any atom is 0.416 e. The van der Waals surface area contributed by atoms with Crippen molar-refractivity contribution in [3.05, 3.63) is 40.3 Å². The summed E-state index contributed by atoms with van der Waals surface area (Å²) in [7, 11) is 0. The van der Waals surface area contributed by atoms with Crippen molar-refractivity contribution in [3.8, 4) is 0 Å². The Bertz CT molecular complexity index is 831. The first kappa shape index (κ1) is 17.3. The van der Waals surface area contributed by atoms with Crippen LogP contribution in [0.5, 0.6) is 0 Å². The van der Waals surface area contributed by atoms with Crippen molar-refractivity contribution in [2.45, 2.75) is 18.5 Å². The minimum atomic E-state index is -4.47. The largest absolute Gasteiger partial charge is 0.416 e. The van der Waals surface area contributed by atoms with Crippen molar-refractivity contribution < 1.29 is 22.7 Å². The van der Waals surface area contributed by atoms with Gasteiger partial charge in [0.2, 0.25) is 5.91 Å². The summed E-state index contributed by atoms with van der Waals surface area (Å²) in [6, 6.07) is 5.44. The number of hydrogen-bond acceptors (Lipinski definition) is 5. The van der Waals surface area contributed by atoms with Crippen LogP contribution >= 0.6 is 11.3 Å². The highest BCUT2D eigenvalue weighted by atomic mass is 32.1. The molecule has 1 saturated heterocycles. The van der Waals surface area contributed by atoms with Crippen LogP contribution in [-0.4, -0.2) is 37.2 Å². The summed E-state index contributed by atoms with van der Waals surface area (Å²) >= 11 is 1.34. The Morgan fingerprint density at radius 2 is 1.96 bits per heavy atom. The number of halogens is 3. The molecule has 1 aromatic carbocycles. The van der Waals surface area contributed by atoms with Crippen LogP contribution in [0.2, 0.25) is 0 Å².